The van der Waals surface area contributed by atoms with Crippen molar-refractivity contribution >= 4 is 11.6 Å². The van der Waals surface area contributed by atoms with E-state index in [0.717, 1.165) is 54.4 Å². The van der Waals surface area contributed by atoms with Crippen molar-refractivity contribution in [2.24, 2.45) is 5.92 Å². The average molecular weight is 468 g/mol. The van der Waals surface area contributed by atoms with Crippen LogP contribution in [0.5, 0.6) is 11.6 Å². The monoisotopic (exact) mass is 467 g/mol. The van der Waals surface area contributed by atoms with Crippen LogP contribution in [0.25, 0.3) is 5.69 Å². The molecule has 0 radical (unpaired) electrons. The maximum Gasteiger partial charge on any atom is 0.227 e. The van der Waals surface area contributed by atoms with E-state index in [-0.39, 0.29) is 6.10 Å². The lowest BCUT2D eigenvalue weighted by molar-refractivity contribution is 0.0965. The summed E-state index contributed by atoms with van der Waals surface area (Å²) in [5, 5.41) is 16.1. The van der Waals surface area contributed by atoms with Crippen molar-refractivity contribution in [1.29, 1.82) is 0 Å². The molecule has 2 aromatic carbocycles. The molecule has 1 atom stereocenters. The van der Waals surface area contributed by atoms with E-state index in [1.165, 1.54) is 12.8 Å². The lowest BCUT2D eigenvalue weighted by atomic mass is 10.1. The molecule has 1 aromatic heterocycles. The first-order valence-electron chi connectivity index (χ1n) is 12.0. The Morgan fingerprint density at radius 2 is 1.97 bits per heavy atom. The number of para-hydroxylation sites is 1. The van der Waals surface area contributed by atoms with Crippen LogP contribution in [0.1, 0.15) is 50.3 Å². The zero-order valence-electron chi connectivity index (χ0n) is 19.6. The molecule has 0 spiro atoms. The number of nitrogens with zero attached hydrogens (tertiary/aromatic N) is 3. The third kappa shape index (κ3) is 6.59. The van der Waals surface area contributed by atoms with E-state index >= 15 is 0 Å². The number of aliphatic hydroxyl groups is 1. The van der Waals surface area contributed by atoms with Gasteiger partial charge in [0.05, 0.1) is 23.0 Å². The zero-order valence-corrected chi connectivity index (χ0v) is 20.3. The van der Waals surface area contributed by atoms with Gasteiger partial charge in [-0.2, -0.15) is 5.10 Å². The van der Waals surface area contributed by atoms with Crippen molar-refractivity contribution in [2.75, 3.05) is 13.1 Å². The minimum atomic E-state index is -0.314. The Hall–Kier alpha value is -2.34. The Morgan fingerprint density at radius 3 is 2.67 bits per heavy atom. The average Bonchev–Trinajstić information content (AvgIpc) is 3.57. The van der Waals surface area contributed by atoms with Crippen molar-refractivity contribution in [3.63, 3.8) is 0 Å². The lowest BCUT2D eigenvalue weighted by Gasteiger charge is -2.25. The number of aryl methyl sites for hydroxylation is 1. The molecule has 5 nitrogen and oxygen atoms in total. The molecule has 1 heterocycles. The summed E-state index contributed by atoms with van der Waals surface area (Å²) in [6.45, 7) is 6.54. The van der Waals surface area contributed by atoms with Crippen LogP contribution in [0.2, 0.25) is 5.02 Å². The smallest absolute Gasteiger partial charge is 0.227 e. The first-order valence-corrected chi connectivity index (χ1v) is 12.4. The second kappa shape index (κ2) is 11.2. The summed E-state index contributed by atoms with van der Waals surface area (Å²) in [6, 6.07) is 17.5. The van der Waals surface area contributed by atoms with Crippen LogP contribution in [0.3, 0.4) is 0 Å². The Labute approximate surface area is 201 Å². The molecule has 4 rings (SSSR count). The van der Waals surface area contributed by atoms with Gasteiger partial charge < -0.3 is 9.84 Å². The van der Waals surface area contributed by atoms with E-state index in [1.807, 2.05) is 66.2 Å². The Bertz CT molecular complexity index is 1030. The van der Waals surface area contributed by atoms with E-state index in [4.69, 9.17) is 21.4 Å². The third-order valence-corrected chi connectivity index (χ3v) is 6.34. The van der Waals surface area contributed by atoms with Gasteiger partial charge in [-0.3, -0.25) is 4.90 Å². The highest BCUT2D eigenvalue weighted by Gasteiger charge is 2.28. The minimum Gasteiger partial charge on any atom is -0.439 e. The molecule has 33 heavy (non-hydrogen) atoms. The number of hydrogen-bond acceptors (Lipinski definition) is 4. The molecule has 6 heteroatoms. The summed E-state index contributed by atoms with van der Waals surface area (Å²) >= 11 is 6.28. The standard InChI is InChI=1S/C27H34ClN3O2/c1-3-4-11-24(32)18-30(17-21-14-15-21)19-26-20(2)29-31(23-10-8-9-22(28)16-23)27(26)33-25-12-6-5-7-13-25/h5-10,12-13,16,21,24,32H,3-4,11,14-15,17-19H2,1-2H3/t24-/m0/s1. The molecule has 1 fully saturated rings. The van der Waals surface area contributed by atoms with Gasteiger partial charge in [0.15, 0.2) is 0 Å². The maximum atomic E-state index is 10.6. The molecule has 3 aromatic rings. The van der Waals surface area contributed by atoms with Gasteiger partial charge >= 0.3 is 0 Å². The molecule has 1 saturated carbocycles. The van der Waals surface area contributed by atoms with Crippen molar-refractivity contribution in [3.05, 3.63) is 70.9 Å². The van der Waals surface area contributed by atoms with Crippen LogP contribution < -0.4 is 4.74 Å². The molecular weight excluding hydrogens is 434 g/mol. The number of halogens is 1. The Morgan fingerprint density at radius 1 is 1.18 bits per heavy atom. The number of aromatic nitrogens is 2. The van der Waals surface area contributed by atoms with Gasteiger partial charge in [0.25, 0.3) is 0 Å². The number of unbranched alkanes of at least 4 members (excludes halogenated alkanes) is 1. The van der Waals surface area contributed by atoms with Gasteiger partial charge in [-0.1, -0.05) is 55.6 Å². The molecule has 1 N–H and O–H groups in total. The normalized spacial score (nSPS) is 14.6. The van der Waals surface area contributed by atoms with E-state index in [2.05, 4.69) is 11.8 Å². The van der Waals surface area contributed by atoms with Crippen molar-refractivity contribution in [2.45, 2.75) is 58.6 Å². The molecule has 0 unspecified atom stereocenters. The second-order valence-electron chi connectivity index (χ2n) is 9.11. The quantitative estimate of drug-likeness (QED) is 0.335. The highest BCUT2D eigenvalue weighted by Crippen LogP contribution is 2.34. The Kier molecular flexibility index (Phi) is 8.07. The van der Waals surface area contributed by atoms with E-state index in [1.54, 1.807) is 0 Å². The molecule has 1 aliphatic carbocycles. The highest BCUT2D eigenvalue weighted by molar-refractivity contribution is 6.30. The molecular formula is C27H34ClN3O2. The fourth-order valence-corrected chi connectivity index (χ4v) is 4.31. The van der Waals surface area contributed by atoms with Gasteiger partial charge in [-0.05, 0) is 62.4 Å². The largest absolute Gasteiger partial charge is 0.439 e. The van der Waals surface area contributed by atoms with Crippen molar-refractivity contribution < 1.29 is 9.84 Å². The van der Waals surface area contributed by atoms with Crippen LogP contribution in [0.15, 0.2) is 54.6 Å². The first kappa shape index (κ1) is 23.8. The van der Waals surface area contributed by atoms with Crippen LogP contribution in [-0.4, -0.2) is 39.0 Å². The summed E-state index contributed by atoms with van der Waals surface area (Å²) in [5.41, 5.74) is 2.83. The minimum absolute atomic E-state index is 0.314. The number of aliphatic hydroxyl groups excluding tert-OH is 1. The molecule has 0 aliphatic heterocycles. The number of benzene rings is 2. The highest BCUT2D eigenvalue weighted by atomic mass is 35.5. The maximum absolute atomic E-state index is 10.6. The number of rotatable bonds is 12. The molecule has 176 valence electrons. The first-order chi connectivity index (χ1) is 16.0. The van der Waals surface area contributed by atoms with Gasteiger partial charge in [0.1, 0.15) is 5.75 Å². The Balaban J connectivity index is 1.66. The second-order valence-corrected chi connectivity index (χ2v) is 9.55. The van der Waals surface area contributed by atoms with Gasteiger partial charge in [-0.15, -0.1) is 0 Å². The summed E-state index contributed by atoms with van der Waals surface area (Å²) in [5.74, 6) is 2.19. The molecule has 1 aliphatic rings. The number of ether oxygens (including phenoxy) is 1. The molecule has 0 bridgehead atoms. The summed E-state index contributed by atoms with van der Waals surface area (Å²) in [4.78, 5) is 2.38. The van der Waals surface area contributed by atoms with E-state index < -0.39 is 0 Å². The lowest BCUT2D eigenvalue weighted by Crippen LogP contribution is -2.34. The predicted molar refractivity (Wildman–Crippen MR) is 133 cm³/mol. The summed E-state index contributed by atoms with van der Waals surface area (Å²) in [6.07, 6.45) is 5.22. The van der Waals surface area contributed by atoms with Crippen molar-refractivity contribution in [1.82, 2.24) is 14.7 Å². The molecule has 0 amide bonds. The SMILES string of the molecule is CCCC[C@H](O)CN(Cc1c(C)nn(-c2cccc(Cl)c2)c1Oc1ccccc1)CC1CC1. The predicted octanol–water partition coefficient (Wildman–Crippen LogP) is 6.39. The summed E-state index contributed by atoms with van der Waals surface area (Å²) < 4.78 is 8.25. The van der Waals surface area contributed by atoms with Crippen LogP contribution in [-0.2, 0) is 6.54 Å². The van der Waals surface area contributed by atoms with Gasteiger partial charge in [-0.25, -0.2) is 4.68 Å². The van der Waals surface area contributed by atoms with Crippen molar-refractivity contribution in [3.8, 4) is 17.3 Å². The van der Waals surface area contributed by atoms with Gasteiger partial charge in [0, 0.05) is 24.7 Å². The zero-order chi connectivity index (χ0) is 23.2. The molecule has 0 saturated heterocycles. The number of hydrogen-bond donors (Lipinski definition) is 1. The van der Waals surface area contributed by atoms with E-state index in [0.29, 0.717) is 24.0 Å². The van der Waals surface area contributed by atoms with Crippen LogP contribution in [0, 0.1) is 12.8 Å². The fraction of sp³-hybridized carbons (Fsp3) is 0.444. The van der Waals surface area contributed by atoms with E-state index in [9.17, 15) is 5.11 Å². The third-order valence-electron chi connectivity index (χ3n) is 6.10. The van der Waals surface area contributed by atoms with Gasteiger partial charge in [0.2, 0.25) is 5.88 Å². The fourth-order valence-electron chi connectivity index (χ4n) is 4.13. The summed E-state index contributed by atoms with van der Waals surface area (Å²) in [7, 11) is 0. The topological polar surface area (TPSA) is 50.5 Å². The van der Waals surface area contributed by atoms with Crippen LogP contribution in [0.4, 0.5) is 0 Å². The van der Waals surface area contributed by atoms with Crippen LogP contribution >= 0.6 is 11.6 Å².